The molecule has 1 aliphatic rings. The van der Waals surface area contributed by atoms with E-state index in [1.165, 1.54) is 0 Å². The van der Waals surface area contributed by atoms with Crippen LogP contribution in [0.2, 0.25) is 0 Å². The molecule has 0 saturated carbocycles. The maximum atomic E-state index is 12.7. The number of amides is 1. The fourth-order valence-electron chi connectivity index (χ4n) is 3.16. The van der Waals surface area contributed by atoms with Crippen LogP contribution < -0.4 is 10.3 Å². The number of carbonyl (C=O) groups is 1. The third kappa shape index (κ3) is 3.90. The summed E-state index contributed by atoms with van der Waals surface area (Å²) >= 11 is 1.58. The lowest BCUT2D eigenvalue weighted by atomic mass is 10.0. The van der Waals surface area contributed by atoms with Gasteiger partial charge in [0.05, 0.1) is 29.0 Å². The maximum Gasteiger partial charge on any atom is 0.267 e. The molecule has 2 heterocycles. The van der Waals surface area contributed by atoms with Gasteiger partial charge in [0.15, 0.2) is 0 Å². The SMILES string of the molecule is Cc1nc(CNC(=O)C2=NN(c3ccccc3)[C@H](c3ccccc3)C2)cs1. The van der Waals surface area contributed by atoms with Gasteiger partial charge in [0.1, 0.15) is 5.71 Å². The molecule has 0 spiro atoms. The van der Waals surface area contributed by atoms with Gasteiger partial charge in [-0.05, 0) is 24.6 Å². The standard InChI is InChI=1S/C21H20N4OS/c1-15-23-17(14-27-15)13-22-21(26)19-12-20(16-8-4-2-5-9-16)25(24-19)18-10-6-3-7-11-18/h2-11,14,20H,12-13H2,1H3,(H,22,26)/t20-/m0/s1. The Kier molecular flexibility index (Phi) is 4.98. The van der Waals surface area contributed by atoms with Gasteiger partial charge in [-0.25, -0.2) is 4.98 Å². The predicted octanol–water partition coefficient (Wildman–Crippen LogP) is 4.08. The Labute approximate surface area is 162 Å². The molecule has 1 amide bonds. The Bertz CT molecular complexity index is 953. The van der Waals surface area contributed by atoms with Crippen LogP contribution >= 0.6 is 11.3 Å². The number of nitrogens with zero attached hydrogens (tertiary/aromatic N) is 3. The molecule has 6 heteroatoms. The van der Waals surface area contributed by atoms with Crippen LogP contribution in [0, 0.1) is 6.92 Å². The van der Waals surface area contributed by atoms with Crippen molar-refractivity contribution < 1.29 is 4.79 Å². The minimum absolute atomic E-state index is 0.0101. The number of benzene rings is 2. The summed E-state index contributed by atoms with van der Waals surface area (Å²) < 4.78 is 0. The minimum atomic E-state index is -0.139. The van der Waals surface area contributed by atoms with Crippen molar-refractivity contribution >= 4 is 28.6 Å². The Morgan fingerprint density at radius 1 is 1.15 bits per heavy atom. The van der Waals surface area contributed by atoms with Gasteiger partial charge in [-0.3, -0.25) is 9.80 Å². The molecule has 0 aliphatic carbocycles. The summed E-state index contributed by atoms with van der Waals surface area (Å²) in [5.74, 6) is -0.139. The molecule has 1 aliphatic heterocycles. The van der Waals surface area contributed by atoms with Gasteiger partial charge >= 0.3 is 0 Å². The van der Waals surface area contributed by atoms with E-state index in [2.05, 4.69) is 27.5 Å². The number of hydrogen-bond donors (Lipinski definition) is 1. The van der Waals surface area contributed by atoms with Crippen molar-refractivity contribution in [3.8, 4) is 0 Å². The molecule has 5 nitrogen and oxygen atoms in total. The Hall–Kier alpha value is -2.99. The van der Waals surface area contributed by atoms with Crippen LogP contribution in [0.4, 0.5) is 5.69 Å². The van der Waals surface area contributed by atoms with Crippen LogP contribution in [0.3, 0.4) is 0 Å². The van der Waals surface area contributed by atoms with Crippen LogP contribution in [-0.4, -0.2) is 16.6 Å². The predicted molar refractivity (Wildman–Crippen MR) is 109 cm³/mol. The number of aryl methyl sites for hydroxylation is 1. The zero-order valence-electron chi connectivity index (χ0n) is 15.0. The van der Waals surface area contributed by atoms with Crippen LogP contribution in [0.5, 0.6) is 0 Å². The number of nitrogens with one attached hydrogen (secondary N) is 1. The number of aromatic nitrogens is 1. The average Bonchev–Trinajstić information content (AvgIpc) is 3.34. The van der Waals surface area contributed by atoms with Gasteiger partial charge in [0.2, 0.25) is 0 Å². The lowest BCUT2D eigenvalue weighted by Gasteiger charge is -2.23. The van der Waals surface area contributed by atoms with E-state index in [0.717, 1.165) is 22.0 Å². The number of carbonyl (C=O) groups excluding carboxylic acids is 1. The lowest BCUT2D eigenvalue weighted by Crippen LogP contribution is -2.30. The van der Waals surface area contributed by atoms with E-state index in [9.17, 15) is 4.79 Å². The summed E-state index contributed by atoms with van der Waals surface area (Å²) in [5.41, 5.74) is 3.54. The fraction of sp³-hybridized carbons (Fsp3) is 0.190. The molecule has 2 aromatic carbocycles. The molecule has 136 valence electrons. The summed E-state index contributed by atoms with van der Waals surface area (Å²) in [6.07, 6.45) is 0.570. The zero-order valence-corrected chi connectivity index (χ0v) is 15.8. The van der Waals surface area contributed by atoms with Crippen molar-refractivity contribution in [3.63, 3.8) is 0 Å². The maximum absolute atomic E-state index is 12.7. The highest BCUT2D eigenvalue weighted by Crippen LogP contribution is 2.34. The van der Waals surface area contributed by atoms with E-state index in [0.29, 0.717) is 18.7 Å². The van der Waals surface area contributed by atoms with E-state index in [-0.39, 0.29) is 11.9 Å². The third-order valence-corrected chi connectivity index (χ3v) is 5.30. The number of thiazole rings is 1. The van der Waals surface area contributed by atoms with Gasteiger partial charge in [-0.1, -0.05) is 48.5 Å². The highest BCUT2D eigenvalue weighted by atomic mass is 32.1. The number of rotatable bonds is 5. The first-order valence-corrected chi connectivity index (χ1v) is 9.74. The third-order valence-electron chi connectivity index (χ3n) is 4.47. The average molecular weight is 376 g/mol. The van der Waals surface area contributed by atoms with E-state index in [4.69, 9.17) is 0 Å². The molecule has 0 saturated heterocycles. The Balaban J connectivity index is 1.55. The smallest absolute Gasteiger partial charge is 0.267 e. The van der Waals surface area contributed by atoms with Crippen molar-refractivity contribution in [1.82, 2.24) is 10.3 Å². The molecule has 4 rings (SSSR count). The first-order valence-electron chi connectivity index (χ1n) is 8.86. The summed E-state index contributed by atoms with van der Waals surface area (Å²) in [7, 11) is 0. The molecule has 27 heavy (non-hydrogen) atoms. The second-order valence-electron chi connectivity index (χ2n) is 6.40. The lowest BCUT2D eigenvalue weighted by molar-refractivity contribution is -0.115. The molecule has 3 aromatic rings. The van der Waals surface area contributed by atoms with E-state index < -0.39 is 0 Å². The number of anilines is 1. The molecular formula is C21H20N4OS. The second kappa shape index (κ2) is 7.72. The normalized spacial score (nSPS) is 16.3. The molecule has 0 fully saturated rings. The van der Waals surface area contributed by atoms with Gasteiger partial charge in [-0.15, -0.1) is 11.3 Å². The highest BCUT2D eigenvalue weighted by molar-refractivity contribution is 7.09. The van der Waals surface area contributed by atoms with Crippen molar-refractivity contribution in [1.29, 1.82) is 0 Å². The second-order valence-corrected chi connectivity index (χ2v) is 7.46. The molecular weight excluding hydrogens is 356 g/mol. The van der Waals surface area contributed by atoms with Gasteiger partial charge in [0.25, 0.3) is 5.91 Å². The molecule has 0 unspecified atom stereocenters. The minimum Gasteiger partial charge on any atom is -0.345 e. The summed E-state index contributed by atoms with van der Waals surface area (Å²) in [6.45, 7) is 2.38. The summed E-state index contributed by atoms with van der Waals surface area (Å²) in [5, 5.41) is 12.5. The largest absolute Gasteiger partial charge is 0.345 e. The number of hydrogen-bond acceptors (Lipinski definition) is 5. The van der Waals surface area contributed by atoms with Crippen LogP contribution in [0.25, 0.3) is 0 Å². The van der Waals surface area contributed by atoms with Crippen molar-refractivity contribution in [2.45, 2.75) is 25.9 Å². The number of hydrazone groups is 1. The number of para-hydroxylation sites is 1. The van der Waals surface area contributed by atoms with Gasteiger partial charge < -0.3 is 5.32 Å². The first kappa shape index (κ1) is 17.4. The monoisotopic (exact) mass is 376 g/mol. The topological polar surface area (TPSA) is 57.6 Å². The van der Waals surface area contributed by atoms with Gasteiger partial charge in [0, 0.05) is 11.8 Å². The van der Waals surface area contributed by atoms with Crippen LogP contribution in [0.15, 0.2) is 71.1 Å². The molecule has 1 N–H and O–H groups in total. The van der Waals surface area contributed by atoms with Crippen molar-refractivity contribution in [2.75, 3.05) is 5.01 Å². The Morgan fingerprint density at radius 3 is 2.52 bits per heavy atom. The van der Waals surface area contributed by atoms with Crippen LogP contribution in [-0.2, 0) is 11.3 Å². The zero-order chi connectivity index (χ0) is 18.6. The fourth-order valence-corrected chi connectivity index (χ4v) is 3.78. The van der Waals surface area contributed by atoms with Crippen molar-refractivity contribution in [3.05, 3.63) is 82.3 Å². The van der Waals surface area contributed by atoms with E-state index in [1.54, 1.807) is 11.3 Å². The van der Waals surface area contributed by atoms with E-state index in [1.807, 2.05) is 65.8 Å². The van der Waals surface area contributed by atoms with Gasteiger partial charge in [-0.2, -0.15) is 5.10 Å². The first-order chi connectivity index (χ1) is 13.2. The Morgan fingerprint density at radius 2 is 1.85 bits per heavy atom. The summed E-state index contributed by atoms with van der Waals surface area (Å²) in [4.78, 5) is 17.1. The van der Waals surface area contributed by atoms with Crippen LogP contribution in [0.1, 0.15) is 28.7 Å². The van der Waals surface area contributed by atoms with Crippen molar-refractivity contribution in [2.24, 2.45) is 5.10 Å². The highest BCUT2D eigenvalue weighted by Gasteiger charge is 2.32. The molecule has 0 radical (unpaired) electrons. The van der Waals surface area contributed by atoms with E-state index >= 15 is 0 Å². The molecule has 1 aromatic heterocycles. The summed E-state index contributed by atoms with van der Waals surface area (Å²) in [6, 6.07) is 20.2. The molecule has 0 bridgehead atoms. The molecule has 1 atom stereocenters. The quantitative estimate of drug-likeness (QED) is 0.730.